The van der Waals surface area contributed by atoms with E-state index >= 15 is 0 Å². The molecule has 2 aromatic rings. The Bertz CT molecular complexity index is 691. The Balaban J connectivity index is 1.79. The normalized spacial score (nSPS) is 17.1. The lowest BCUT2D eigenvalue weighted by molar-refractivity contribution is 0.00540. The van der Waals surface area contributed by atoms with Gasteiger partial charge in [-0.1, -0.05) is 31.4 Å². The van der Waals surface area contributed by atoms with Crippen LogP contribution in [0.3, 0.4) is 0 Å². The zero-order valence-corrected chi connectivity index (χ0v) is 14.8. The summed E-state index contributed by atoms with van der Waals surface area (Å²) in [5.74, 6) is 0.0881. The number of fused-ring (bicyclic) bond motifs is 1. The minimum atomic E-state index is -0.336. The fraction of sp³-hybridized carbons (Fsp3) is 0.526. The van der Waals surface area contributed by atoms with E-state index in [0.29, 0.717) is 22.1 Å². The van der Waals surface area contributed by atoms with E-state index in [1.807, 2.05) is 0 Å². The SMILES string of the molecule is CCCCC(OC(=O)c1cc(Cl)cc2ccoc12)C1CCNCC1. The molecule has 24 heavy (non-hydrogen) atoms. The molecular weight excluding hydrogens is 326 g/mol. The van der Waals surface area contributed by atoms with E-state index in [2.05, 4.69) is 12.2 Å². The van der Waals surface area contributed by atoms with Crippen LogP contribution in [0.2, 0.25) is 5.02 Å². The van der Waals surface area contributed by atoms with Crippen molar-refractivity contribution in [3.05, 3.63) is 35.0 Å². The number of hydrogen-bond donors (Lipinski definition) is 1. The van der Waals surface area contributed by atoms with Crippen molar-refractivity contribution in [3.8, 4) is 0 Å². The molecular formula is C19H24ClNO3. The molecule has 1 saturated heterocycles. The zero-order valence-electron chi connectivity index (χ0n) is 14.0. The molecule has 0 radical (unpaired) electrons. The first-order chi connectivity index (χ1) is 11.7. The number of piperidine rings is 1. The Kier molecular flexibility index (Phi) is 5.80. The van der Waals surface area contributed by atoms with Crippen molar-refractivity contribution in [3.63, 3.8) is 0 Å². The highest BCUT2D eigenvalue weighted by Crippen LogP contribution is 2.28. The molecule has 2 heterocycles. The standard InChI is InChI=1S/C19H24ClNO3/c1-2-3-4-17(13-5-8-21-9-6-13)24-19(22)16-12-15(20)11-14-7-10-23-18(14)16/h7,10-13,17,21H,2-6,8-9H2,1H3. The van der Waals surface area contributed by atoms with Crippen molar-refractivity contribution >= 4 is 28.5 Å². The van der Waals surface area contributed by atoms with E-state index in [1.165, 1.54) is 0 Å². The van der Waals surface area contributed by atoms with Gasteiger partial charge in [0.15, 0.2) is 0 Å². The Morgan fingerprint density at radius 1 is 1.42 bits per heavy atom. The van der Waals surface area contributed by atoms with Crippen molar-refractivity contribution in [2.75, 3.05) is 13.1 Å². The van der Waals surface area contributed by atoms with Crippen LogP contribution in [0.4, 0.5) is 0 Å². The summed E-state index contributed by atoms with van der Waals surface area (Å²) < 4.78 is 11.4. The molecule has 4 nitrogen and oxygen atoms in total. The summed E-state index contributed by atoms with van der Waals surface area (Å²) in [4.78, 5) is 12.8. The molecule has 1 N–H and O–H groups in total. The van der Waals surface area contributed by atoms with Gasteiger partial charge in [0.2, 0.25) is 0 Å². The lowest BCUT2D eigenvalue weighted by atomic mass is 9.89. The molecule has 0 spiro atoms. The van der Waals surface area contributed by atoms with E-state index < -0.39 is 0 Å². The number of carbonyl (C=O) groups is 1. The summed E-state index contributed by atoms with van der Waals surface area (Å²) in [6, 6.07) is 5.23. The van der Waals surface area contributed by atoms with Crippen LogP contribution in [0.1, 0.15) is 49.4 Å². The maximum absolute atomic E-state index is 12.8. The third-order valence-corrected chi connectivity index (χ3v) is 4.96. The van der Waals surface area contributed by atoms with E-state index in [-0.39, 0.29) is 12.1 Å². The van der Waals surface area contributed by atoms with Gasteiger partial charge < -0.3 is 14.5 Å². The topological polar surface area (TPSA) is 51.5 Å². The van der Waals surface area contributed by atoms with Gasteiger partial charge in [0.05, 0.1) is 6.26 Å². The third kappa shape index (κ3) is 3.93. The molecule has 1 aromatic carbocycles. The largest absolute Gasteiger partial charge is 0.463 e. The van der Waals surface area contributed by atoms with Crippen LogP contribution in [0, 0.1) is 5.92 Å². The highest BCUT2D eigenvalue weighted by Gasteiger charge is 2.28. The third-order valence-electron chi connectivity index (χ3n) is 4.75. The number of unbranched alkanes of at least 4 members (excludes halogenated alkanes) is 1. The molecule has 0 bridgehead atoms. The summed E-state index contributed by atoms with van der Waals surface area (Å²) in [5, 5.41) is 4.70. The molecule has 1 fully saturated rings. The minimum absolute atomic E-state index is 0.0384. The number of nitrogens with one attached hydrogen (secondary N) is 1. The molecule has 0 saturated carbocycles. The number of benzene rings is 1. The van der Waals surface area contributed by atoms with Crippen molar-refractivity contribution < 1.29 is 13.9 Å². The molecule has 1 unspecified atom stereocenters. The second-order valence-corrected chi connectivity index (χ2v) is 6.90. The first-order valence-electron chi connectivity index (χ1n) is 8.77. The smallest absolute Gasteiger partial charge is 0.342 e. The second kappa shape index (κ2) is 8.04. The second-order valence-electron chi connectivity index (χ2n) is 6.47. The summed E-state index contributed by atoms with van der Waals surface area (Å²) in [6.45, 7) is 4.14. The maximum Gasteiger partial charge on any atom is 0.342 e. The van der Waals surface area contributed by atoms with Gasteiger partial charge >= 0.3 is 5.97 Å². The van der Waals surface area contributed by atoms with Gasteiger partial charge in [-0.3, -0.25) is 0 Å². The lowest BCUT2D eigenvalue weighted by Crippen LogP contribution is -2.36. The molecule has 1 atom stereocenters. The number of esters is 1. The summed E-state index contributed by atoms with van der Waals surface area (Å²) in [6.07, 6.45) is 6.70. The average Bonchev–Trinajstić information content (AvgIpc) is 3.06. The van der Waals surface area contributed by atoms with Crippen LogP contribution in [-0.2, 0) is 4.74 Å². The van der Waals surface area contributed by atoms with Crippen LogP contribution in [0.15, 0.2) is 28.9 Å². The molecule has 1 aromatic heterocycles. The number of hydrogen-bond acceptors (Lipinski definition) is 4. The number of rotatable bonds is 6. The van der Waals surface area contributed by atoms with Crippen LogP contribution in [0.5, 0.6) is 0 Å². The molecule has 1 aliphatic heterocycles. The Labute approximate surface area is 147 Å². The van der Waals surface area contributed by atoms with Crippen molar-refractivity contribution in [2.45, 2.75) is 45.1 Å². The highest BCUT2D eigenvalue weighted by atomic mass is 35.5. The van der Waals surface area contributed by atoms with E-state index in [0.717, 1.165) is 50.6 Å². The van der Waals surface area contributed by atoms with Gasteiger partial charge in [0, 0.05) is 10.4 Å². The van der Waals surface area contributed by atoms with E-state index in [1.54, 1.807) is 24.5 Å². The van der Waals surface area contributed by atoms with Gasteiger partial charge in [0.1, 0.15) is 17.3 Å². The molecule has 5 heteroatoms. The Morgan fingerprint density at radius 2 is 2.21 bits per heavy atom. The highest BCUT2D eigenvalue weighted by molar-refractivity contribution is 6.32. The molecule has 1 aliphatic rings. The van der Waals surface area contributed by atoms with Gasteiger partial charge in [-0.25, -0.2) is 4.79 Å². The first kappa shape index (κ1) is 17.3. The quantitative estimate of drug-likeness (QED) is 0.761. The molecule has 130 valence electrons. The van der Waals surface area contributed by atoms with Gasteiger partial charge in [-0.05, 0) is 56.5 Å². The average molecular weight is 350 g/mol. The summed E-state index contributed by atoms with van der Waals surface area (Å²) in [5.41, 5.74) is 0.960. The fourth-order valence-electron chi connectivity index (χ4n) is 3.41. The van der Waals surface area contributed by atoms with Crippen LogP contribution in [-0.4, -0.2) is 25.2 Å². The van der Waals surface area contributed by atoms with Crippen molar-refractivity contribution in [1.82, 2.24) is 5.32 Å². The van der Waals surface area contributed by atoms with Crippen LogP contribution in [0.25, 0.3) is 11.0 Å². The molecule has 0 aliphatic carbocycles. The predicted octanol–water partition coefficient (Wildman–Crippen LogP) is 4.80. The van der Waals surface area contributed by atoms with Crippen LogP contribution >= 0.6 is 11.6 Å². The lowest BCUT2D eigenvalue weighted by Gasteiger charge is -2.30. The van der Waals surface area contributed by atoms with Gasteiger partial charge in [-0.15, -0.1) is 0 Å². The number of halogens is 1. The number of ether oxygens (including phenoxy) is 1. The molecule has 0 amide bonds. The summed E-state index contributed by atoms with van der Waals surface area (Å²) >= 11 is 6.14. The van der Waals surface area contributed by atoms with Crippen molar-refractivity contribution in [2.24, 2.45) is 5.92 Å². The maximum atomic E-state index is 12.8. The Morgan fingerprint density at radius 3 is 2.96 bits per heavy atom. The first-order valence-corrected chi connectivity index (χ1v) is 9.15. The fourth-order valence-corrected chi connectivity index (χ4v) is 3.64. The summed E-state index contributed by atoms with van der Waals surface area (Å²) in [7, 11) is 0. The monoisotopic (exact) mass is 349 g/mol. The Hall–Kier alpha value is -1.52. The molecule has 3 rings (SSSR count). The number of furan rings is 1. The number of carbonyl (C=O) groups excluding carboxylic acids is 1. The van der Waals surface area contributed by atoms with Gasteiger partial charge in [-0.2, -0.15) is 0 Å². The van der Waals surface area contributed by atoms with Gasteiger partial charge in [0.25, 0.3) is 0 Å². The van der Waals surface area contributed by atoms with E-state index in [9.17, 15) is 4.79 Å². The minimum Gasteiger partial charge on any atom is -0.463 e. The zero-order chi connectivity index (χ0) is 16.9. The van der Waals surface area contributed by atoms with Crippen LogP contribution < -0.4 is 5.32 Å². The predicted molar refractivity (Wildman–Crippen MR) is 95.5 cm³/mol. The van der Waals surface area contributed by atoms with Crippen molar-refractivity contribution in [1.29, 1.82) is 0 Å². The van der Waals surface area contributed by atoms with E-state index in [4.69, 9.17) is 20.8 Å².